The summed E-state index contributed by atoms with van der Waals surface area (Å²) in [4.78, 5) is 12.9. The van der Waals surface area contributed by atoms with Gasteiger partial charge in [0.1, 0.15) is 17.3 Å². The second-order valence-corrected chi connectivity index (χ2v) is 8.06. The van der Waals surface area contributed by atoms with Crippen LogP contribution >= 0.6 is 23.2 Å². The Hall–Kier alpha value is -3.37. The highest BCUT2D eigenvalue weighted by Crippen LogP contribution is 2.25. The lowest BCUT2D eigenvalue weighted by molar-refractivity contribution is 0.101. The minimum atomic E-state index is -0.462. The first-order chi connectivity index (χ1) is 15.7. The fourth-order valence-electron chi connectivity index (χ4n) is 3.15. The molecule has 0 aliphatic carbocycles. The molecule has 0 aliphatic rings. The summed E-state index contributed by atoms with van der Waals surface area (Å²) in [5.41, 5.74) is 2.64. The molecule has 0 aliphatic heterocycles. The highest BCUT2D eigenvalue weighted by atomic mass is 35.5. The average molecular weight is 493 g/mol. The van der Waals surface area contributed by atoms with E-state index in [1.165, 1.54) is 23.0 Å². The first-order valence-electron chi connectivity index (χ1n) is 9.79. The van der Waals surface area contributed by atoms with Gasteiger partial charge >= 0.3 is 0 Å². The fourth-order valence-corrected chi connectivity index (χ4v) is 3.51. The Bertz CT molecular complexity index is 1330. The molecule has 0 saturated heterocycles. The van der Waals surface area contributed by atoms with Crippen LogP contribution in [0, 0.1) is 26.6 Å². The molecule has 0 saturated carbocycles. The van der Waals surface area contributed by atoms with Crippen molar-refractivity contribution in [3.63, 3.8) is 0 Å². The number of aryl methyl sites for hydroxylation is 2. The van der Waals surface area contributed by atoms with Gasteiger partial charge in [0.05, 0.1) is 46.1 Å². The molecule has 1 N–H and O–H groups in total. The van der Waals surface area contributed by atoms with Crippen molar-refractivity contribution in [1.29, 1.82) is 0 Å². The van der Waals surface area contributed by atoms with Crippen LogP contribution in [0.15, 0.2) is 35.1 Å². The van der Waals surface area contributed by atoms with E-state index in [0.29, 0.717) is 33.5 Å². The zero-order valence-corrected chi connectivity index (χ0v) is 19.4. The van der Waals surface area contributed by atoms with Gasteiger partial charge in [0.2, 0.25) is 0 Å². The highest BCUT2D eigenvalue weighted by molar-refractivity contribution is 6.32. The van der Waals surface area contributed by atoms with Gasteiger partial charge in [0, 0.05) is 5.56 Å². The van der Waals surface area contributed by atoms with Gasteiger partial charge in [-0.05, 0) is 39.0 Å². The maximum absolute atomic E-state index is 13.1. The van der Waals surface area contributed by atoms with Crippen molar-refractivity contribution in [3.8, 4) is 5.75 Å². The molecule has 0 bridgehead atoms. The maximum Gasteiger partial charge on any atom is 0.278 e. The average Bonchev–Trinajstić information content (AvgIpc) is 3.43. The molecular weight excluding hydrogens is 474 g/mol. The van der Waals surface area contributed by atoms with E-state index >= 15 is 0 Å². The van der Waals surface area contributed by atoms with Crippen molar-refractivity contribution in [1.82, 2.24) is 24.7 Å². The summed E-state index contributed by atoms with van der Waals surface area (Å²) in [7, 11) is 0. The summed E-state index contributed by atoms with van der Waals surface area (Å²) in [6.07, 6.45) is 3.03. The zero-order chi connectivity index (χ0) is 23.7. The molecule has 33 heavy (non-hydrogen) atoms. The smallest absolute Gasteiger partial charge is 0.278 e. The van der Waals surface area contributed by atoms with E-state index in [9.17, 15) is 9.18 Å². The first-order valence-corrected chi connectivity index (χ1v) is 10.5. The number of nitrogens with zero attached hydrogens (tertiary/aromatic N) is 5. The van der Waals surface area contributed by atoms with Crippen molar-refractivity contribution in [2.24, 2.45) is 0 Å². The van der Waals surface area contributed by atoms with Crippen molar-refractivity contribution >= 4 is 34.8 Å². The van der Waals surface area contributed by atoms with E-state index in [2.05, 4.69) is 20.7 Å². The molecule has 12 heteroatoms. The van der Waals surface area contributed by atoms with Crippen LogP contribution in [0.25, 0.3) is 0 Å². The molecule has 172 valence electrons. The second kappa shape index (κ2) is 9.24. The summed E-state index contributed by atoms with van der Waals surface area (Å²) in [6.45, 7) is 5.67. The Labute approximate surface area is 198 Å². The number of carbonyl (C=O) groups excluding carboxylic acids is 1. The number of hydrogen-bond donors (Lipinski definition) is 1. The number of benzene rings is 1. The van der Waals surface area contributed by atoms with Gasteiger partial charge in [-0.15, -0.1) is 0 Å². The zero-order valence-electron chi connectivity index (χ0n) is 17.9. The van der Waals surface area contributed by atoms with Gasteiger partial charge in [-0.2, -0.15) is 10.2 Å². The third kappa shape index (κ3) is 4.86. The number of ether oxygens (including phenoxy) is 1. The van der Waals surface area contributed by atoms with Gasteiger partial charge in [0.15, 0.2) is 12.4 Å². The minimum Gasteiger partial charge on any atom is -0.470 e. The van der Waals surface area contributed by atoms with Crippen LogP contribution in [0.3, 0.4) is 0 Å². The van der Waals surface area contributed by atoms with Crippen LogP contribution < -0.4 is 10.1 Å². The molecule has 0 radical (unpaired) electrons. The monoisotopic (exact) mass is 492 g/mol. The molecule has 9 nitrogen and oxygen atoms in total. The fraction of sp³-hybridized carbons (Fsp3) is 0.238. The first kappa shape index (κ1) is 22.8. The SMILES string of the molecule is Cc1nn(Cc2c(C(=O)Nc3cnn(COc4ccc(F)cc4Cl)c3)noc2C)c(C)c1Cl. The van der Waals surface area contributed by atoms with Gasteiger partial charge in [0.25, 0.3) is 5.91 Å². The number of aromatic nitrogens is 5. The minimum absolute atomic E-state index is 0.00816. The van der Waals surface area contributed by atoms with E-state index in [0.717, 1.165) is 11.8 Å². The number of hydrogen-bond acceptors (Lipinski definition) is 6. The van der Waals surface area contributed by atoms with E-state index < -0.39 is 11.7 Å². The van der Waals surface area contributed by atoms with E-state index in [4.69, 9.17) is 32.5 Å². The molecule has 3 heterocycles. The molecular formula is C21H19Cl2FN6O3. The van der Waals surface area contributed by atoms with Crippen molar-refractivity contribution < 1.29 is 18.4 Å². The Morgan fingerprint density at radius 2 is 2.06 bits per heavy atom. The Balaban J connectivity index is 1.44. The van der Waals surface area contributed by atoms with Crippen LogP contribution in [0.1, 0.15) is 33.2 Å². The lowest BCUT2D eigenvalue weighted by atomic mass is 10.2. The third-order valence-corrected chi connectivity index (χ3v) is 5.78. The standard InChI is InChI=1S/C21H19Cl2FN6O3/c1-11-19(23)12(2)30(27-11)9-16-13(3)33-28-20(16)21(31)26-15-7-25-29(8-15)10-32-18-5-4-14(24)6-17(18)22/h4-8H,9-10H2,1-3H3,(H,26,31). The Kier molecular flexibility index (Phi) is 6.39. The summed E-state index contributed by atoms with van der Waals surface area (Å²) < 4.78 is 27.1. The molecule has 0 spiro atoms. The van der Waals surface area contributed by atoms with Crippen molar-refractivity contribution in [2.75, 3.05) is 5.32 Å². The van der Waals surface area contributed by atoms with E-state index in [-0.39, 0.29) is 24.0 Å². The number of nitrogens with one attached hydrogen (secondary N) is 1. The van der Waals surface area contributed by atoms with Crippen LogP contribution in [-0.2, 0) is 13.3 Å². The lowest BCUT2D eigenvalue weighted by Gasteiger charge is -2.08. The van der Waals surface area contributed by atoms with Gasteiger partial charge in [-0.3, -0.25) is 9.48 Å². The third-order valence-electron chi connectivity index (χ3n) is 4.94. The largest absolute Gasteiger partial charge is 0.470 e. The molecule has 0 atom stereocenters. The van der Waals surface area contributed by atoms with Gasteiger partial charge < -0.3 is 14.6 Å². The number of amides is 1. The summed E-state index contributed by atoms with van der Waals surface area (Å²) in [5, 5.41) is 15.9. The van der Waals surface area contributed by atoms with Crippen LogP contribution in [0.2, 0.25) is 10.0 Å². The summed E-state index contributed by atoms with van der Waals surface area (Å²) in [5.74, 6) is -0.105. The van der Waals surface area contributed by atoms with Gasteiger partial charge in [-0.1, -0.05) is 28.4 Å². The predicted molar refractivity (Wildman–Crippen MR) is 119 cm³/mol. The van der Waals surface area contributed by atoms with Crippen LogP contribution in [0.5, 0.6) is 5.75 Å². The number of carbonyl (C=O) groups is 1. The summed E-state index contributed by atoms with van der Waals surface area (Å²) in [6, 6.07) is 3.82. The Morgan fingerprint density at radius 3 is 2.76 bits per heavy atom. The number of halogens is 3. The number of rotatable bonds is 7. The van der Waals surface area contributed by atoms with E-state index in [1.54, 1.807) is 17.8 Å². The molecule has 1 aromatic carbocycles. The van der Waals surface area contributed by atoms with Gasteiger partial charge in [-0.25, -0.2) is 9.07 Å². The molecule has 4 aromatic rings. The van der Waals surface area contributed by atoms with Crippen LogP contribution in [0.4, 0.5) is 10.1 Å². The predicted octanol–water partition coefficient (Wildman–Crippen LogP) is 4.78. The molecule has 0 unspecified atom stereocenters. The molecule has 1 amide bonds. The van der Waals surface area contributed by atoms with Crippen LogP contribution in [-0.4, -0.2) is 30.6 Å². The van der Waals surface area contributed by atoms with Crippen molar-refractivity contribution in [3.05, 3.63) is 74.9 Å². The topological polar surface area (TPSA) is 100 Å². The number of anilines is 1. The Morgan fingerprint density at radius 1 is 1.27 bits per heavy atom. The summed E-state index contributed by atoms with van der Waals surface area (Å²) >= 11 is 12.2. The molecule has 4 rings (SSSR count). The van der Waals surface area contributed by atoms with E-state index in [1.807, 2.05) is 13.8 Å². The highest BCUT2D eigenvalue weighted by Gasteiger charge is 2.22. The maximum atomic E-state index is 13.1. The quantitative estimate of drug-likeness (QED) is 0.398. The lowest BCUT2D eigenvalue weighted by Crippen LogP contribution is -2.16. The molecule has 3 aromatic heterocycles. The normalized spacial score (nSPS) is 11.1. The second-order valence-electron chi connectivity index (χ2n) is 7.28. The van der Waals surface area contributed by atoms with Crippen molar-refractivity contribution in [2.45, 2.75) is 34.0 Å². The molecule has 0 fully saturated rings.